The predicted octanol–water partition coefficient (Wildman–Crippen LogP) is 5.57. The van der Waals surface area contributed by atoms with E-state index >= 15 is 4.39 Å². The topological polar surface area (TPSA) is 103 Å². The molecule has 2 bridgehead atoms. The smallest absolute Gasteiger partial charge is 0.227 e. The number of anilines is 3. The van der Waals surface area contributed by atoms with E-state index in [-0.39, 0.29) is 12.2 Å². The molecule has 2 aromatic heterocycles. The van der Waals surface area contributed by atoms with E-state index in [0.717, 1.165) is 72.5 Å². The molecule has 2 aromatic carbocycles. The molecule has 3 fully saturated rings. The molecule has 6 heterocycles. The van der Waals surface area contributed by atoms with Crippen molar-refractivity contribution in [1.82, 2.24) is 15.3 Å². The number of piperazine rings is 1. The molecule has 3 atom stereocenters. The average Bonchev–Trinajstić information content (AvgIpc) is 3.74. The number of benzene rings is 2. The Bertz CT molecular complexity index is 1790. The van der Waals surface area contributed by atoms with Gasteiger partial charge in [-0.05, 0) is 48.4 Å². The molecule has 3 unspecified atom stereocenters. The fourth-order valence-electron chi connectivity index (χ4n) is 7.37. The van der Waals surface area contributed by atoms with E-state index in [2.05, 4.69) is 28.1 Å². The summed E-state index contributed by atoms with van der Waals surface area (Å²) in [6.07, 6.45) is 3.29. The summed E-state index contributed by atoms with van der Waals surface area (Å²) >= 11 is 8.65. The average molecular weight is 590 g/mol. The second kappa shape index (κ2) is 9.39. The third kappa shape index (κ3) is 3.69. The standard InChI is InChI=1S/C30H29ClFN7OS/c1-14-6-7-38(11-14)30-36-27-24(29(37-30)39-15-2-3-16(39)10-35-9-15)19-13-40-12-18(19)23(26(27)31)25-20(32)4-5-21-22(25)17(8-33)28(34)41-21/h4-5,14-16,35H,2-3,6-7,9-13,34H2,1H3. The van der Waals surface area contributed by atoms with Gasteiger partial charge < -0.3 is 25.6 Å². The van der Waals surface area contributed by atoms with E-state index in [0.29, 0.717) is 62.6 Å². The number of nitrogen functional groups attached to an aromatic ring is 1. The predicted molar refractivity (Wildman–Crippen MR) is 161 cm³/mol. The fraction of sp³-hybridized carbons (Fsp3) is 0.433. The van der Waals surface area contributed by atoms with Gasteiger partial charge in [0.15, 0.2) is 0 Å². The highest BCUT2D eigenvalue weighted by Crippen LogP contribution is 2.51. The monoisotopic (exact) mass is 589 g/mol. The Kier molecular flexibility index (Phi) is 5.84. The molecule has 4 aliphatic rings. The molecule has 0 radical (unpaired) electrons. The van der Waals surface area contributed by atoms with Crippen molar-refractivity contribution in [3.63, 3.8) is 0 Å². The van der Waals surface area contributed by atoms with Crippen LogP contribution in [0, 0.1) is 23.1 Å². The molecule has 4 aromatic rings. The highest BCUT2D eigenvalue weighted by Gasteiger charge is 2.40. The normalized spacial score (nSPS) is 23.6. The first kappa shape index (κ1) is 25.5. The summed E-state index contributed by atoms with van der Waals surface area (Å²) in [4.78, 5) is 15.1. The van der Waals surface area contributed by atoms with Gasteiger partial charge in [0.05, 0.1) is 34.7 Å². The van der Waals surface area contributed by atoms with Gasteiger partial charge in [-0.15, -0.1) is 11.3 Å². The van der Waals surface area contributed by atoms with E-state index in [1.165, 1.54) is 17.4 Å². The Morgan fingerprint density at radius 1 is 1.12 bits per heavy atom. The summed E-state index contributed by atoms with van der Waals surface area (Å²) in [7, 11) is 0. The van der Waals surface area contributed by atoms with Crippen molar-refractivity contribution in [3.8, 4) is 17.2 Å². The van der Waals surface area contributed by atoms with Gasteiger partial charge in [-0.1, -0.05) is 18.5 Å². The second-order valence-electron chi connectivity index (χ2n) is 11.7. The molecule has 8 nitrogen and oxygen atoms in total. The largest absolute Gasteiger partial charge is 0.389 e. The van der Waals surface area contributed by atoms with E-state index in [1.807, 2.05) is 0 Å². The molecule has 3 saturated heterocycles. The molecule has 3 N–H and O–H groups in total. The number of hydrogen-bond donors (Lipinski definition) is 2. The highest BCUT2D eigenvalue weighted by atomic mass is 35.5. The first-order valence-corrected chi connectivity index (χ1v) is 15.4. The summed E-state index contributed by atoms with van der Waals surface area (Å²) in [5.74, 6) is 1.67. The number of thiophene rings is 1. The first-order chi connectivity index (χ1) is 19.9. The summed E-state index contributed by atoms with van der Waals surface area (Å²) in [6, 6.07) is 5.98. The van der Waals surface area contributed by atoms with Crippen LogP contribution in [0.1, 0.15) is 42.9 Å². The van der Waals surface area contributed by atoms with Crippen LogP contribution in [0.25, 0.3) is 32.1 Å². The molecule has 0 spiro atoms. The molecule has 4 aliphatic heterocycles. The summed E-state index contributed by atoms with van der Waals surface area (Å²) in [5.41, 5.74) is 9.72. The lowest BCUT2D eigenvalue weighted by Gasteiger charge is -2.37. The van der Waals surface area contributed by atoms with Crippen molar-refractivity contribution in [1.29, 1.82) is 5.26 Å². The SMILES string of the molecule is CC1CCN(c2nc(N3C4CCC3CNC4)c3c4c(c(-c5c(F)ccc6sc(N)c(C#N)c56)c(Cl)c3n2)COC4)C1. The summed E-state index contributed by atoms with van der Waals surface area (Å²) < 4.78 is 22.7. The number of halogens is 2. The minimum atomic E-state index is -0.454. The van der Waals surface area contributed by atoms with Crippen molar-refractivity contribution in [2.75, 3.05) is 41.7 Å². The van der Waals surface area contributed by atoms with Crippen LogP contribution in [0.3, 0.4) is 0 Å². The van der Waals surface area contributed by atoms with E-state index < -0.39 is 5.82 Å². The van der Waals surface area contributed by atoms with Crippen LogP contribution in [0.5, 0.6) is 0 Å². The van der Waals surface area contributed by atoms with Gasteiger partial charge in [0.1, 0.15) is 22.7 Å². The maximum absolute atomic E-state index is 15.9. The van der Waals surface area contributed by atoms with Crippen molar-refractivity contribution in [2.45, 2.75) is 51.5 Å². The van der Waals surface area contributed by atoms with Crippen molar-refractivity contribution in [3.05, 3.63) is 39.7 Å². The lowest BCUT2D eigenvalue weighted by Crippen LogP contribution is -2.52. The molecule has 0 saturated carbocycles. The molecular formula is C30H29ClFN7OS. The maximum Gasteiger partial charge on any atom is 0.227 e. The quantitative estimate of drug-likeness (QED) is 0.319. The number of rotatable bonds is 3. The Labute approximate surface area is 245 Å². The third-order valence-corrected chi connectivity index (χ3v) is 10.6. The summed E-state index contributed by atoms with van der Waals surface area (Å²) in [6.45, 7) is 6.48. The zero-order chi connectivity index (χ0) is 28.0. The third-order valence-electron chi connectivity index (χ3n) is 9.29. The van der Waals surface area contributed by atoms with Gasteiger partial charge in [0, 0.05) is 59.5 Å². The maximum atomic E-state index is 15.9. The number of aromatic nitrogens is 2. The van der Waals surface area contributed by atoms with Gasteiger partial charge >= 0.3 is 0 Å². The van der Waals surface area contributed by atoms with E-state index in [9.17, 15) is 5.26 Å². The lowest BCUT2D eigenvalue weighted by molar-refractivity contribution is 0.135. The van der Waals surface area contributed by atoms with Gasteiger partial charge in [-0.2, -0.15) is 10.2 Å². The van der Waals surface area contributed by atoms with E-state index in [4.69, 9.17) is 32.0 Å². The molecule has 0 amide bonds. The highest BCUT2D eigenvalue weighted by molar-refractivity contribution is 7.23. The molecule has 210 valence electrons. The molecule has 11 heteroatoms. The molecule has 8 rings (SSSR count). The zero-order valence-electron chi connectivity index (χ0n) is 22.6. The minimum Gasteiger partial charge on any atom is -0.389 e. The van der Waals surface area contributed by atoms with Gasteiger partial charge in [0.25, 0.3) is 0 Å². The zero-order valence-corrected chi connectivity index (χ0v) is 24.2. The van der Waals surface area contributed by atoms with Gasteiger partial charge in [-0.25, -0.2) is 9.37 Å². The van der Waals surface area contributed by atoms with Crippen LogP contribution < -0.4 is 20.9 Å². The fourth-order valence-corrected chi connectivity index (χ4v) is 8.64. The van der Waals surface area contributed by atoms with Crippen LogP contribution in [0.15, 0.2) is 12.1 Å². The summed E-state index contributed by atoms with van der Waals surface area (Å²) in [5, 5.41) is 15.7. The van der Waals surface area contributed by atoms with E-state index in [1.54, 1.807) is 6.07 Å². The van der Waals surface area contributed by atoms with Crippen LogP contribution >= 0.6 is 22.9 Å². The molecule has 41 heavy (non-hydrogen) atoms. The van der Waals surface area contributed by atoms with Gasteiger partial charge in [-0.3, -0.25) is 0 Å². The number of nitrogens with zero attached hydrogens (tertiary/aromatic N) is 5. The number of hydrogen-bond acceptors (Lipinski definition) is 9. The molecule has 0 aliphatic carbocycles. The van der Waals surface area contributed by atoms with Crippen molar-refractivity contribution in [2.24, 2.45) is 5.92 Å². The Morgan fingerprint density at radius 3 is 2.63 bits per heavy atom. The van der Waals surface area contributed by atoms with Crippen LogP contribution in [0.2, 0.25) is 5.02 Å². The van der Waals surface area contributed by atoms with Crippen LogP contribution in [0.4, 0.5) is 21.2 Å². The number of nitrogens with two attached hydrogens (primary N) is 1. The number of nitriles is 1. The number of ether oxygens (including phenoxy) is 1. The minimum absolute atomic E-state index is 0.274. The first-order valence-electron chi connectivity index (χ1n) is 14.2. The Hall–Kier alpha value is -3.23. The van der Waals surface area contributed by atoms with Gasteiger partial charge in [0.2, 0.25) is 5.95 Å². The number of fused-ring (bicyclic) bond motifs is 6. The lowest BCUT2D eigenvalue weighted by atomic mass is 9.90. The Morgan fingerprint density at radius 2 is 1.90 bits per heavy atom. The Balaban J connectivity index is 1.47. The van der Waals surface area contributed by atoms with Crippen LogP contribution in [-0.4, -0.2) is 48.2 Å². The molecular weight excluding hydrogens is 561 g/mol. The number of nitrogens with one attached hydrogen (secondary N) is 1. The van der Waals surface area contributed by atoms with Crippen LogP contribution in [-0.2, 0) is 18.0 Å². The second-order valence-corrected chi connectivity index (χ2v) is 13.2. The van der Waals surface area contributed by atoms with Crippen molar-refractivity contribution < 1.29 is 9.13 Å². The van der Waals surface area contributed by atoms with Crippen molar-refractivity contribution >= 4 is 60.7 Å².